The summed E-state index contributed by atoms with van der Waals surface area (Å²) in [4.78, 5) is 12.5. The third kappa shape index (κ3) is 3.10. The number of carbonyl (C=O) groups excluding carboxylic acids is 1. The number of ketones is 1. The molecule has 0 aliphatic carbocycles. The smallest absolute Gasteiger partial charge is 0.300 e. The first-order valence-electron chi connectivity index (χ1n) is 5.83. The summed E-state index contributed by atoms with van der Waals surface area (Å²) in [6.45, 7) is 0.413. The number of nitrogens with zero attached hydrogens (tertiary/aromatic N) is 1. The van der Waals surface area contributed by atoms with Crippen LogP contribution in [-0.4, -0.2) is 29.4 Å². The van der Waals surface area contributed by atoms with Gasteiger partial charge in [0.05, 0.1) is 0 Å². The highest BCUT2D eigenvalue weighted by molar-refractivity contribution is 5.80. The van der Waals surface area contributed by atoms with Crippen LogP contribution in [0.2, 0.25) is 0 Å². The SMILES string of the molecule is O=C1CCN(Cc2ccccc2)C(C(F)(F)F)C1. The van der Waals surface area contributed by atoms with Crippen LogP contribution in [-0.2, 0) is 11.3 Å². The maximum Gasteiger partial charge on any atom is 0.404 e. The van der Waals surface area contributed by atoms with Gasteiger partial charge < -0.3 is 0 Å². The molecule has 1 aliphatic heterocycles. The maximum atomic E-state index is 12.9. The topological polar surface area (TPSA) is 20.3 Å². The van der Waals surface area contributed by atoms with Crippen LogP contribution in [0.15, 0.2) is 30.3 Å². The standard InChI is InChI=1S/C13H14F3NO/c14-13(15,16)12-8-11(18)6-7-17(12)9-10-4-2-1-3-5-10/h1-5,12H,6-9H2. The van der Waals surface area contributed by atoms with Gasteiger partial charge in [-0.3, -0.25) is 9.69 Å². The molecule has 0 aromatic heterocycles. The van der Waals surface area contributed by atoms with Crippen molar-refractivity contribution in [1.29, 1.82) is 0 Å². The van der Waals surface area contributed by atoms with Gasteiger partial charge in [0.2, 0.25) is 0 Å². The molecule has 0 spiro atoms. The molecule has 1 fully saturated rings. The molecule has 1 heterocycles. The lowest BCUT2D eigenvalue weighted by molar-refractivity contribution is -0.193. The molecule has 0 amide bonds. The second-order valence-corrected chi connectivity index (χ2v) is 4.51. The summed E-state index contributed by atoms with van der Waals surface area (Å²) in [5.74, 6) is -0.304. The Labute approximate surface area is 103 Å². The van der Waals surface area contributed by atoms with Crippen molar-refractivity contribution in [3.8, 4) is 0 Å². The number of hydrogen-bond donors (Lipinski definition) is 0. The molecule has 0 N–H and O–H groups in total. The van der Waals surface area contributed by atoms with Crippen LogP contribution in [0, 0.1) is 0 Å². The summed E-state index contributed by atoms with van der Waals surface area (Å²) in [7, 11) is 0. The van der Waals surface area contributed by atoms with E-state index in [0.717, 1.165) is 5.56 Å². The van der Waals surface area contributed by atoms with E-state index in [1.54, 1.807) is 24.3 Å². The van der Waals surface area contributed by atoms with E-state index in [1.165, 1.54) is 4.90 Å². The van der Waals surface area contributed by atoms with Crippen LogP contribution >= 0.6 is 0 Å². The molecule has 98 valence electrons. The average molecular weight is 257 g/mol. The van der Waals surface area contributed by atoms with E-state index in [2.05, 4.69) is 0 Å². The Kier molecular flexibility index (Phi) is 3.71. The van der Waals surface area contributed by atoms with Crippen molar-refractivity contribution < 1.29 is 18.0 Å². The van der Waals surface area contributed by atoms with Gasteiger partial charge in [0.15, 0.2) is 0 Å². The quantitative estimate of drug-likeness (QED) is 0.812. The zero-order valence-electron chi connectivity index (χ0n) is 9.78. The molecule has 2 rings (SSSR count). The molecule has 0 radical (unpaired) electrons. The molecule has 5 heteroatoms. The lowest BCUT2D eigenvalue weighted by Crippen LogP contribution is -2.50. The minimum atomic E-state index is -4.34. The molecule has 1 aromatic carbocycles. The normalized spacial score (nSPS) is 22.2. The average Bonchev–Trinajstić information content (AvgIpc) is 2.31. The first-order chi connectivity index (χ1) is 8.47. The molecular formula is C13H14F3NO. The maximum absolute atomic E-state index is 12.9. The van der Waals surface area contributed by atoms with Gasteiger partial charge in [0.25, 0.3) is 0 Å². The van der Waals surface area contributed by atoms with Gasteiger partial charge in [-0.25, -0.2) is 0 Å². The fourth-order valence-electron chi connectivity index (χ4n) is 2.20. The van der Waals surface area contributed by atoms with E-state index in [9.17, 15) is 18.0 Å². The highest BCUT2D eigenvalue weighted by Gasteiger charge is 2.46. The van der Waals surface area contributed by atoms with Crippen LogP contribution in [0.3, 0.4) is 0 Å². The fraction of sp³-hybridized carbons (Fsp3) is 0.462. The lowest BCUT2D eigenvalue weighted by Gasteiger charge is -2.36. The highest BCUT2D eigenvalue weighted by Crippen LogP contribution is 2.31. The van der Waals surface area contributed by atoms with Crippen molar-refractivity contribution in [3.05, 3.63) is 35.9 Å². The zero-order chi connectivity index (χ0) is 13.2. The van der Waals surface area contributed by atoms with E-state index in [1.807, 2.05) is 6.07 Å². The third-order valence-electron chi connectivity index (χ3n) is 3.15. The summed E-state index contributed by atoms with van der Waals surface area (Å²) < 4.78 is 38.6. The number of benzene rings is 1. The van der Waals surface area contributed by atoms with Crippen LogP contribution < -0.4 is 0 Å². The Morgan fingerprint density at radius 2 is 1.89 bits per heavy atom. The Balaban J connectivity index is 2.12. The van der Waals surface area contributed by atoms with Crippen molar-refractivity contribution in [2.75, 3.05) is 6.54 Å². The van der Waals surface area contributed by atoms with Gasteiger partial charge in [-0.2, -0.15) is 13.2 Å². The summed E-state index contributed by atoms with van der Waals surface area (Å²) in [5.41, 5.74) is 0.834. The van der Waals surface area contributed by atoms with E-state index in [4.69, 9.17) is 0 Å². The number of hydrogen-bond acceptors (Lipinski definition) is 2. The van der Waals surface area contributed by atoms with Gasteiger partial charge in [-0.1, -0.05) is 30.3 Å². The Morgan fingerprint density at radius 3 is 2.50 bits per heavy atom. The summed E-state index contributed by atoms with van der Waals surface area (Å²) in [6.07, 6.45) is -4.55. The van der Waals surface area contributed by atoms with Crippen LogP contribution in [0.5, 0.6) is 0 Å². The van der Waals surface area contributed by atoms with Crippen molar-refractivity contribution in [3.63, 3.8) is 0 Å². The molecule has 1 unspecified atom stereocenters. The molecule has 1 atom stereocenters. The predicted octanol–water partition coefficient (Wildman–Crippen LogP) is 2.78. The molecule has 1 saturated heterocycles. The molecule has 0 saturated carbocycles. The largest absolute Gasteiger partial charge is 0.404 e. The second-order valence-electron chi connectivity index (χ2n) is 4.51. The van der Waals surface area contributed by atoms with Gasteiger partial charge in [-0.15, -0.1) is 0 Å². The summed E-state index contributed by atoms with van der Waals surface area (Å²) in [6, 6.07) is 7.37. The van der Waals surface area contributed by atoms with Gasteiger partial charge in [0, 0.05) is 25.9 Å². The molecule has 1 aliphatic rings. The molecule has 2 nitrogen and oxygen atoms in total. The number of alkyl halides is 3. The summed E-state index contributed by atoms with van der Waals surface area (Å²) >= 11 is 0. The number of piperidine rings is 1. The van der Waals surface area contributed by atoms with Crippen molar-refractivity contribution in [1.82, 2.24) is 4.90 Å². The van der Waals surface area contributed by atoms with Crippen molar-refractivity contribution in [2.45, 2.75) is 31.6 Å². The van der Waals surface area contributed by atoms with E-state index in [-0.39, 0.29) is 25.3 Å². The predicted molar refractivity (Wildman–Crippen MR) is 60.9 cm³/mol. The minimum absolute atomic E-state index is 0.178. The summed E-state index contributed by atoms with van der Waals surface area (Å²) in [5, 5.41) is 0. The fourth-order valence-corrected chi connectivity index (χ4v) is 2.20. The Morgan fingerprint density at radius 1 is 1.22 bits per heavy atom. The van der Waals surface area contributed by atoms with E-state index >= 15 is 0 Å². The third-order valence-corrected chi connectivity index (χ3v) is 3.15. The van der Waals surface area contributed by atoms with Crippen molar-refractivity contribution >= 4 is 5.78 Å². The van der Waals surface area contributed by atoms with Crippen LogP contribution in [0.1, 0.15) is 18.4 Å². The molecule has 0 bridgehead atoms. The van der Waals surface area contributed by atoms with E-state index < -0.39 is 18.6 Å². The molecular weight excluding hydrogens is 243 g/mol. The number of rotatable bonds is 2. The lowest BCUT2D eigenvalue weighted by atomic mass is 9.99. The van der Waals surface area contributed by atoms with E-state index in [0.29, 0.717) is 0 Å². The number of Topliss-reactive ketones (excluding diaryl/α,β-unsaturated/α-hetero) is 1. The Hall–Kier alpha value is -1.36. The van der Waals surface area contributed by atoms with Gasteiger partial charge >= 0.3 is 6.18 Å². The minimum Gasteiger partial charge on any atom is -0.300 e. The van der Waals surface area contributed by atoms with Gasteiger partial charge in [0.1, 0.15) is 11.8 Å². The monoisotopic (exact) mass is 257 g/mol. The van der Waals surface area contributed by atoms with Crippen molar-refractivity contribution in [2.24, 2.45) is 0 Å². The highest BCUT2D eigenvalue weighted by atomic mass is 19.4. The van der Waals surface area contributed by atoms with Crippen LogP contribution in [0.25, 0.3) is 0 Å². The first-order valence-corrected chi connectivity index (χ1v) is 5.83. The first kappa shape index (κ1) is 13.1. The van der Waals surface area contributed by atoms with Gasteiger partial charge in [-0.05, 0) is 5.56 Å². The second kappa shape index (κ2) is 5.10. The molecule has 18 heavy (non-hydrogen) atoms. The zero-order valence-corrected chi connectivity index (χ0v) is 9.78. The number of carbonyl (C=O) groups is 1. The Bertz CT molecular complexity index is 416. The molecule has 1 aromatic rings. The van der Waals surface area contributed by atoms with Crippen LogP contribution in [0.4, 0.5) is 13.2 Å². The number of halogens is 3. The number of likely N-dealkylation sites (tertiary alicyclic amines) is 1.